The molecule has 2 heterocycles. The van der Waals surface area contributed by atoms with Crippen LogP contribution in [0.25, 0.3) is 20.8 Å². The zero-order chi connectivity index (χ0) is 36.5. The maximum absolute atomic E-state index is 12.9. The number of para-hydroxylation sites is 1. The highest BCUT2D eigenvalue weighted by atomic mass is 35.5. The number of fused-ring (bicyclic) bond motifs is 1. The molecule has 1 aliphatic carbocycles. The number of anilines is 2. The van der Waals surface area contributed by atoms with Crippen LogP contribution in [0.15, 0.2) is 24.3 Å². The van der Waals surface area contributed by atoms with Gasteiger partial charge in [0.1, 0.15) is 51.6 Å². The molecule has 0 radical (unpaired) electrons. The predicted molar refractivity (Wildman–Crippen MR) is 185 cm³/mol. The van der Waals surface area contributed by atoms with Gasteiger partial charge in [-0.3, -0.25) is 0 Å². The van der Waals surface area contributed by atoms with E-state index in [1.807, 2.05) is 24.3 Å². The summed E-state index contributed by atoms with van der Waals surface area (Å²) in [5.41, 5.74) is -1.39. The van der Waals surface area contributed by atoms with E-state index in [0.29, 0.717) is 10.6 Å². The van der Waals surface area contributed by atoms with Crippen LogP contribution in [0.1, 0.15) is 68.7 Å². The van der Waals surface area contributed by atoms with Gasteiger partial charge in [0.15, 0.2) is 0 Å². The summed E-state index contributed by atoms with van der Waals surface area (Å²) in [5.74, 6) is -0.608. The number of nitrogens with one attached hydrogen (secondary N) is 1. The minimum absolute atomic E-state index is 0.0131. The Morgan fingerprint density at radius 3 is 2.16 bits per heavy atom. The fourth-order valence-electron chi connectivity index (χ4n) is 4.85. The summed E-state index contributed by atoms with van der Waals surface area (Å²) in [6.45, 7) is 15.1. The third-order valence-corrected chi connectivity index (χ3v) is 8.17. The van der Waals surface area contributed by atoms with E-state index >= 15 is 0 Å². The zero-order valence-corrected chi connectivity index (χ0v) is 30.9. The Hall–Kier alpha value is -3.95. The first-order valence-electron chi connectivity index (χ1n) is 15.7. The van der Waals surface area contributed by atoms with Crippen molar-refractivity contribution in [3.63, 3.8) is 0 Å². The Morgan fingerprint density at radius 1 is 0.939 bits per heavy atom. The molecule has 0 unspecified atom stereocenters. The number of benzene rings is 1. The van der Waals surface area contributed by atoms with Crippen molar-refractivity contribution < 1.29 is 43.2 Å². The average molecular weight is 722 g/mol. The number of halogens is 1. The Kier molecular flexibility index (Phi) is 11.2. The van der Waals surface area contributed by atoms with Gasteiger partial charge in [0.2, 0.25) is 5.95 Å². The number of aromatic nitrogens is 3. The van der Waals surface area contributed by atoms with Gasteiger partial charge in [0.05, 0.1) is 21.8 Å². The molecule has 2 aromatic heterocycles. The van der Waals surface area contributed by atoms with Crippen molar-refractivity contribution >= 4 is 63.3 Å². The van der Waals surface area contributed by atoms with Gasteiger partial charge in [-0.2, -0.15) is 9.97 Å². The highest BCUT2D eigenvalue weighted by molar-refractivity contribution is 7.21. The molecule has 3 aromatic rings. The molecule has 2 N–H and O–H groups in total. The van der Waals surface area contributed by atoms with E-state index in [1.165, 1.54) is 18.4 Å². The number of carbonyl (C=O) groups excluding carboxylic acids is 3. The highest BCUT2D eigenvalue weighted by Gasteiger charge is 2.47. The molecule has 4 rings (SSSR count). The topological polar surface area (TPSA) is 172 Å². The Balaban J connectivity index is 1.71. The van der Waals surface area contributed by atoms with Crippen LogP contribution in [-0.4, -0.2) is 87.2 Å². The molecule has 1 fully saturated rings. The second kappa shape index (κ2) is 14.5. The first-order valence-corrected chi connectivity index (χ1v) is 16.9. The third-order valence-electron chi connectivity index (χ3n) is 6.85. The van der Waals surface area contributed by atoms with E-state index in [0.717, 1.165) is 15.1 Å². The lowest BCUT2D eigenvalue weighted by molar-refractivity contribution is -0.0719. The van der Waals surface area contributed by atoms with Gasteiger partial charge in [-0.05, 0) is 80.9 Å². The number of hydrogen-bond donors (Lipinski definition) is 2. The van der Waals surface area contributed by atoms with E-state index in [-0.39, 0.29) is 29.9 Å². The standard InChI is InChI=1S/C33H44ClN5O9S/c1-31(2,3)46-28(41)39(10)27-37-24(34)21(26-36-18-13-11-12-14-20(18)49-26)25(38-27)35-19-15-17(16-44-29(42)47-32(4,5)6)23(22(19)40)45-30(43)48-33(7,8)9/h11-14,17,19,22-23,40H,15-16H2,1-10H3,(H,35,37,38)/t17-,19-,22+,23-/m1/s1. The van der Waals surface area contributed by atoms with Crippen molar-refractivity contribution in [2.75, 3.05) is 23.9 Å². The van der Waals surface area contributed by atoms with Crippen molar-refractivity contribution in [1.82, 2.24) is 15.0 Å². The van der Waals surface area contributed by atoms with Crippen molar-refractivity contribution in [3.8, 4) is 10.6 Å². The predicted octanol–water partition coefficient (Wildman–Crippen LogP) is 7.21. The summed E-state index contributed by atoms with van der Waals surface area (Å²) < 4.78 is 28.0. The van der Waals surface area contributed by atoms with E-state index in [1.54, 1.807) is 62.3 Å². The molecular weight excluding hydrogens is 678 g/mol. The van der Waals surface area contributed by atoms with Crippen LogP contribution >= 0.6 is 22.9 Å². The third kappa shape index (κ3) is 10.3. The summed E-state index contributed by atoms with van der Waals surface area (Å²) >= 11 is 8.16. The zero-order valence-electron chi connectivity index (χ0n) is 29.3. The van der Waals surface area contributed by atoms with Gasteiger partial charge in [-0.25, -0.2) is 24.3 Å². The molecule has 268 valence electrons. The van der Waals surface area contributed by atoms with Crippen molar-refractivity contribution in [3.05, 3.63) is 29.4 Å². The first-order chi connectivity index (χ1) is 22.6. The average Bonchev–Trinajstić information content (AvgIpc) is 3.49. The number of aliphatic hydroxyl groups excluding tert-OH is 1. The summed E-state index contributed by atoms with van der Waals surface area (Å²) in [7, 11) is 1.44. The van der Waals surface area contributed by atoms with Crippen LogP contribution < -0.4 is 10.2 Å². The van der Waals surface area contributed by atoms with Gasteiger partial charge in [0, 0.05) is 13.0 Å². The van der Waals surface area contributed by atoms with E-state index in [2.05, 4.69) is 15.3 Å². The second-order valence-corrected chi connectivity index (χ2v) is 16.0. The highest BCUT2D eigenvalue weighted by Crippen LogP contribution is 2.41. The lowest BCUT2D eigenvalue weighted by Gasteiger charge is -2.26. The second-order valence-electron chi connectivity index (χ2n) is 14.6. The molecule has 1 saturated carbocycles. The molecule has 1 aliphatic rings. The number of rotatable bonds is 7. The number of ether oxygens (including phenoxy) is 5. The summed E-state index contributed by atoms with van der Waals surface area (Å²) in [4.78, 5) is 53.0. The quantitative estimate of drug-likeness (QED) is 0.143. The van der Waals surface area contributed by atoms with Gasteiger partial charge in [0.25, 0.3) is 0 Å². The number of carbonyl (C=O) groups is 3. The fourth-order valence-corrected chi connectivity index (χ4v) is 6.18. The molecule has 1 aromatic carbocycles. The van der Waals surface area contributed by atoms with E-state index in [4.69, 9.17) is 40.3 Å². The van der Waals surface area contributed by atoms with Crippen molar-refractivity contribution in [2.24, 2.45) is 5.92 Å². The molecule has 14 nitrogen and oxygen atoms in total. The molecule has 4 atom stereocenters. The number of aliphatic hydroxyl groups is 1. The molecule has 0 spiro atoms. The summed E-state index contributed by atoms with van der Waals surface area (Å²) in [6, 6.07) is 6.70. The lowest BCUT2D eigenvalue weighted by Crippen LogP contribution is -2.40. The molecule has 49 heavy (non-hydrogen) atoms. The summed E-state index contributed by atoms with van der Waals surface area (Å²) in [5, 5.41) is 15.3. The minimum Gasteiger partial charge on any atom is -0.443 e. The molecular formula is C33H44ClN5O9S. The van der Waals surface area contributed by atoms with Crippen LogP contribution in [0.3, 0.4) is 0 Å². The number of hydrogen-bond acceptors (Lipinski definition) is 14. The van der Waals surface area contributed by atoms with Crippen LogP contribution in [0.4, 0.5) is 26.1 Å². The minimum atomic E-state index is -1.33. The van der Waals surface area contributed by atoms with Crippen LogP contribution in [0.2, 0.25) is 5.15 Å². The normalized spacial score (nSPS) is 19.7. The number of amides is 1. The molecule has 0 aliphatic heterocycles. The van der Waals surface area contributed by atoms with Crippen molar-refractivity contribution in [1.29, 1.82) is 0 Å². The van der Waals surface area contributed by atoms with Gasteiger partial charge >= 0.3 is 18.4 Å². The Morgan fingerprint density at radius 2 is 1.55 bits per heavy atom. The first kappa shape index (κ1) is 37.9. The van der Waals surface area contributed by atoms with Gasteiger partial charge in [-0.15, -0.1) is 11.3 Å². The SMILES string of the molecule is CN(C(=O)OC(C)(C)C)c1nc(Cl)c(-c2nc3ccccc3s2)c(N[C@@H]2C[C@H](COC(=O)OC(C)(C)C)[C@@H](OC(=O)OC(C)(C)C)[C@H]2O)n1. The smallest absolute Gasteiger partial charge is 0.443 e. The van der Waals surface area contributed by atoms with E-state index < -0.39 is 59.4 Å². The Labute approximate surface area is 294 Å². The summed E-state index contributed by atoms with van der Waals surface area (Å²) in [6.07, 6.45) is -4.96. The lowest BCUT2D eigenvalue weighted by atomic mass is 10.1. The molecule has 1 amide bonds. The van der Waals surface area contributed by atoms with Gasteiger partial charge in [-0.1, -0.05) is 23.7 Å². The van der Waals surface area contributed by atoms with Gasteiger partial charge < -0.3 is 34.1 Å². The van der Waals surface area contributed by atoms with Crippen LogP contribution in [-0.2, 0) is 23.7 Å². The van der Waals surface area contributed by atoms with Crippen molar-refractivity contribution in [2.45, 2.75) is 104 Å². The fraction of sp³-hybridized carbons (Fsp3) is 0.576. The number of nitrogens with zero attached hydrogens (tertiary/aromatic N) is 4. The maximum Gasteiger partial charge on any atom is 0.509 e. The molecule has 0 bridgehead atoms. The maximum atomic E-state index is 12.9. The van der Waals surface area contributed by atoms with Crippen LogP contribution in [0.5, 0.6) is 0 Å². The Bertz CT molecular complexity index is 1650. The molecule has 0 saturated heterocycles. The monoisotopic (exact) mass is 721 g/mol. The van der Waals surface area contributed by atoms with Crippen LogP contribution in [0, 0.1) is 5.92 Å². The number of thiazole rings is 1. The van der Waals surface area contributed by atoms with E-state index in [9.17, 15) is 19.5 Å². The largest absolute Gasteiger partial charge is 0.509 e. The molecule has 16 heteroatoms.